The molecule has 434 valence electrons. The largest absolute Gasteiger partial charge is 0.480 e. The van der Waals surface area contributed by atoms with Crippen LogP contribution in [-0.2, 0) is 47.7 Å². The monoisotopic (exact) mass is 1070 g/mol. The number of carbonyl (C=O) groups is 9. The average molecular weight is 1070 g/mol. The molecule has 0 aromatic carbocycles. The summed E-state index contributed by atoms with van der Waals surface area (Å²) in [6.45, 7) is 26.5. The number of carboxylic acid groups (broad SMARTS) is 1. The summed E-state index contributed by atoms with van der Waals surface area (Å²) in [5.41, 5.74) is 2.64. The Bertz CT molecular complexity index is 1820. The van der Waals surface area contributed by atoms with Crippen LogP contribution in [0.25, 0.3) is 0 Å². The number of unbranched alkanes of at least 4 members (excludes halogenated alkanes) is 4. The van der Waals surface area contributed by atoms with Crippen LogP contribution in [0.1, 0.15) is 181 Å². The predicted molar refractivity (Wildman–Crippen MR) is 281 cm³/mol. The van der Waals surface area contributed by atoms with Crippen LogP contribution >= 0.6 is 0 Å². The first kappa shape index (κ1) is 69.3. The molecule has 0 aromatic rings. The Hall–Kier alpha value is -5.65. The van der Waals surface area contributed by atoms with Gasteiger partial charge in [-0.1, -0.05) is 0 Å². The first-order valence-corrected chi connectivity index (χ1v) is 26.1. The Balaban J connectivity index is 6.70. The number of amides is 8. The van der Waals surface area contributed by atoms with Crippen molar-refractivity contribution in [3.05, 3.63) is 0 Å². The van der Waals surface area contributed by atoms with Gasteiger partial charge in [0, 0.05) is 26.2 Å². The van der Waals surface area contributed by atoms with Crippen LogP contribution in [0.15, 0.2) is 0 Å². The van der Waals surface area contributed by atoms with Crippen LogP contribution in [0.3, 0.4) is 0 Å². The van der Waals surface area contributed by atoms with Gasteiger partial charge in [-0.3, -0.25) is 19.2 Å². The van der Waals surface area contributed by atoms with Crippen LogP contribution < -0.4 is 48.3 Å². The number of rotatable bonds is 31. The van der Waals surface area contributed by atoms with Crippen molar-refractivity contribution in [3.63, 3.8) is 0 Å². The highest BCUT2D eigenvalue weighted by Gasteiger charge is 2.32. The molecule has 0 fully saturated rings. The fourth-order valence-corrected chi connectivity index (χ4v) is 6.49. The first-order valence-electron chi connectivity index (χ1n) is 26.1. The van der Waals surface area contributed by atoms with Crippen molar-refractivity contribution >= 4 is 54.0 Å². The minimum Gasteiger partial charge on any atom is -0.480 e. The molecule has 0 radical (unpaired) electrons. The number of hydrogen-bond acceptors (Lipinski definition) is 15. The van der Waals surface area contributed by atoms with E-state index in [9.17, 15) is 48.3 Å². The zero-order chi connectivity index (χ0) is 57.8. The van der Waals surface area contributed by atoms with Crippen molar-refractivity contribution in [2.45, 2.75) is 239 Å². The lowest BCUT2D eigenvalue weighted by Gasteiger charge is -2.27. The molecule has 0 aliphatic rings. The molecule has 0 aliphatic carbocycles. The topological polar surface area (TPSA) is 342 Å². The van der Waals surface area contributed by atoms with E-state index < -0.39 is 112 Å². The molecule has 0 rings (SSSR count). The summed E-state index contributed by atoms with van der Waals surface area (Å²) < 4.78 is 26.8. The third-order valence-electron chi connectivity index (χ3n) is 9.90. The first-order chi connectivity index (χ1) is 34.4. The summed E-state index contributed by atoms with van der Waals surface area (Å²) in [7, 11) is 0. The molecule has 0 unspecified atom stereocenters. The molecule has 0 saturated heterocycles. The van der Waals surface area contributed by atoms with Crippen molar-refractivity contribution < 1.29 is 71.9 Å². The maximum atomic E-state index is 14.4. The molecular weight excluding hydrogens is 979 g/mol. The molecule has 24 heteroatoms. The van der Waals surface area contributed by atoms with Crippen LogP contribution in [0.5, 0.6) is 0 Å². The van der Waals surface area contributed by atoms with Gasteiger partial charge in [0.1, 0.15) is 52.6 Å². The zero-order valence-corrected chi connectivity index (χ0v) is 47.6. The highest BCUT2D eigenvalue weighted by molar-refractivity contribution is 5.95. The van der Waals surface area contributed by atoms with Gasteiger partial charge in [-0.2, -0.15) is 0 Å². The highest BCUT2D eigenvalue weighted by Crippen LogP contribution is 2.14. The smallest absolute Gasteiger partial charge is 0.407 e. The van der Waals surface area contributed by atoms with E-state index in [1.807, 2.05) is 0 Å². The van der Waals surface area contributed by atoms with Crippen LogP contribution in [0.4, 0.5) is 19.2 Å². The van der Waals surface area contributed by atoms with E-state index in [4.69, 9.17) is 29.4 Å². The molecule has 0 heterocycles. The summed E-state index contributed by atoms with van der Waals surface area (Å²) in [6, 6.07) is -6.47. The minimum absolute atomic E-state index is 0.0176. The number of carbonyl (C=O) groups excluding carboxylic acids is 8. The third kappa shape index (κ3) is 38.5. The van der Waals surface area contributed by atoms with Crippen molar-refractivity contribution in [3.8, 4) is 0 Å². The molecular formula is C51H95N9O15. The number of ether oxygens (including phenoxy) is 5. The number of hydrogen-bond donors (Lipinski definition) is 10. The summed E-state index contributed by atoms with van der Waals surface area (Å²) in [5.74, 6) is -4.44. The summed E-state index contributed by atoms with van der Waals surface area (Å²) in [6.07, 6.45) is -0.0834. The van der Waals surface area contributed by atoms with Gasteiger partial charge in [0.2, 0.25) is 23.6 Å². The lowest BCUT2D eigenvalue weighted by atomic mass is 10.0. The molecule has 0 spiro atoms. The van der Waals surface area contributed by atoms with E-state index in [1.54, 1.807) is 104 Å². The van der Waals surface area contributed by atoms with E-state index in [-0.39, 0.29) is 77.7 Å². The summed E-state index contributed by atoms with van der Waals surface area (Å²) >= 11 is 0. The molecule has 5 atom stereocenters. The molecule has 24 nitrogen and oxygen atoms in total. The highest BCUT2D eigenvalue weighted by atomic mass is 16.6. The fraction of sp³-hybridized carbons (Fsp3) is 0.824. The maximum Gasteiger partial charge on any atom is 0.407 e. The summed E-state index contributed by atoms with van der Waals surface area (Å²) in [5, 5.41) is 31.3. The Morgan fingerprint density at radius 2 is 0.613 bits per heavy atom. The quantitative estimate of drug-likeness (QED) is 0.0325. The zero-order valence-electron chi connectivity index (χ0n) is 47.6. The standard InChI is InChI=1S/C51H95N9O15/c1-47(2,3)71-32-33(52)38(61)57-34(24-16-20-28-53-43(67)72-48(4,5)6)39(62)58-35(25-17-21-29-54-44(68)73-49(7,8)9)40(63)59-36(26-18-22-30-55-45(69)74-50(10,11)12)41(64)60-37(42(65)66)27-19-23-31-56-46(70)75-51(13,14)15/h33-37H,16-32,52H2,1-15H3,(H,53,67)(H,54,68)(H,55,69)(H,56,70)(H,57,61)(H,58,62)(H,59,63)(H,60,64)(H,65,66)/t33-,34-,35-,36-,37-/m0/s1. The molecule has 0 saturated carbocycles. The van der Waals surface area contributed by atoms with Crippen molar-refractivity contribution in [2.75, 3.05) is 32.8 Å². The lowest BCUT2D eigenvalue weighted by molar-refractivity contribution is -0.142. The molecule has 0 bridgehead atoms. The number of alkyl carbamates (subject to hydrolysis) is 4. The van der Waals surface area contributed by atoms with Gasteiger partial charge in [0.15, 0.2) is 0 Å². The molecule has 8 amide bonds. The van der Waals surface area contributed by atoms with Gasteiger partial charge >= 0.3 is 30.3 Å². The second kappa shape index (κ2) is 33.4. The van der Waals surface area contributed by atoms with Crippen molar-refractivity contribution in [1.29, 1.82) is 0 Å². The normalized spacial score (nSPS) is 14.0. The van der Waals surface area contributed by atoms with E-state index in [1.165, 1.54) is 0 Å². The Kier molecular flexibility index (Phi) is 30.9. The van der Waals surface area contributed by atoms with Crippen molar-refractivity contribution in [2.24, 2.45) is 5.73 Å². The Labute approximate surface area is 445 Å². The SMILES string of the molecule is CC(C)(C)OC[C@H](N)C(=O)N[C@@H](CCCCNC(=O)OC(C)(C)C)C(=O)N[C@@H](CCCCNC(=O)OC(C)(C)C)C(=O)N[C@@H](CCCCNC(=O)OC(C)(C)C)C(=O)N[C@@H](CCCCNC(=O)OC(C)(C)C)C(=O)O. The van der Waals surface area contributed by atoms with Gasteiger partial charge in [0.25, 0.3) is 0 Å². The second-order valence-electron chi connectivity index (χ2n) is 23.3. The van der Waals surface area contributed by atoms with Crippen molar-refractivity contribution in [1.82, 2.24) is 42.5 Å². The predicted octanol–water partition coefficient (Wildman–Crippen LogP) is 4.93. The van der Waals surface area contributed by atoms with Gasteiger partial charge in [0.05, 0.1) is 12.2 Å². The van der Waals surface area contributed by atoms with Gasteiger partial charge in [-0.05, 0) is 181 Å². The van der Waals surface area contributed by atoms with Gasteiger partial charge in [-0.25, -0.2) is 24.0 Å². The number of nitrogens with one attached hydrogen (secondary N) is 8. The molecule has 0 aromatic heterocycles. The molecule has 0 aliphatic heterocycles. The van der Waals surface area contributed by atoms with Crippen LogP contribution in [-0.4, -0.2) is 150 Å². The number of carboxylic acids is 1. The van der Waals surface area contributed by atoms with Gasteiger partial charge in [-0.15, -0.1) is 0 Å². The molecule has 75 heavy (non-hydrogen) atoms. The Morgan fingerprint density at radius 3 is 0.853 bits per heavy atom. The minimum atomic E-state index is -1.39. The number of nitrogens with two attached hydrogens (primary N) is 1. The second-order valence-corrected chi connectivity index (χ2v) is 23.3. The van der Waals surface area contributed by atoms with E-state index >= 15 is 0 Å². The van der Waals surface area contributed by atoms with E-state index in [2.05, 4.69) is 42.5 Å². The summed E-state index contributed by atoms with van der Waals surface area (Å²) in [4.78, 5) is 118. The lowest BCUT2D eigenvalue weighted by Crippen LogP contribution is -2.58. The number of aliphatic carboxylic acids is 1. The maximum absolute atomic E-state index is 14.4. The fourth-order valence-electron chi connectivity index (χ4n) is 6.49. The van der Waals surface area contributed by atoms with Crippen LogP contribution in [0.2, 0.25) is 0 Å². The van der Waals surface area contributed by atoms with Crippen LogP contribution in [0, 0.1) is 0 Å². The average Bonchev–Trinajstić information content (AvgIpc) is 3.22. The van der Waals surface area contributed by atoms with E-state index in [0.717, 1.165) is 0 Å². The van der Waals surface area contributed by atoms with E-state index in [0.29, 0.717) is 32.1 Å². The third-order valence-corrected chi connectivity index (χ3v) is 9.90. The Morgan fingerprint density at radius 1 is 0.373 bits per heavy atom. The van der Waals surface area contributed by atoms with Gasteiger partial charge < -0.3 is 77.1 Å². The molecule has 11 N–H and O–H groups in total.